The van der Waals surface area contributed by atoms with E-state index in [9.17, 15) is 0 Å². The summed E-state index contributed by atoms with van der Waals surface area (Å²) in [4.78, 5) is 12.8. The van der Waals surface area contributed by atoms with Gasteiger partial charge in [0.15, 0.2) is 5.82 Å². The van der Waals surface area contributed by atoms with Crippen molar-refractivity contribution in [3.8, 4) is 11.4 Å². The summed E-state index contributed by atoms with van der Waals surface area (Å²) >= 11 is 6.14. The van der Waals surface area contributed by atoms with E-state index in [0.29, 0.717) is 16.5 Å². The lowest BCUT2D eigenvalue weighted by Gasteiger charge is -2.05. The fourth-order valence-electron chi connectivity index (χ4n) is 1.80. The summed E-state index contributed by atoms with van der Waals surface area (Å²) in [7, 11) is 0. The van der Waals surface area contributed by atoms with Crippen LogP contribution in [-0.4, -0.2) is 15.0 Å². The van der Waals surface area contributed by atoms with Crippen molar-refractivity contribution in [3.05, 3.63) is 47.9 Å². The van der Waals surface area contributed by atoms with E-state index < -0.39 is 0 Å². The molecule has 0 radical (unpaired) electrons. The smallest absolute Gasteiger partial charge is 0.161 e. The van der Waals surface area contributed by atoms with Gasteiger partial charge in [-0.25, -0.2) is 9.97 Å². The van der Waals surface area contributed by atoms with E-state index in [2.05, 4.69) is 15.0 Å². The lowest BCUT2D eigenvalue weighted by atomic mass is 10.1. The maximum absolute atomic E-state index is 6.14. The van der Waals surface area contributed by atoms with E-state index >= 15 is 0 Å². The number of hydrogen-bond donors (Lipinski definition) is 1. The SMILES string of the molecule is Nc1cnc(-c2ccc(Cl)c3cccnc23)nc1. The van der Waals surface area contributed by atoms with Crippen LogP contribution in [-0.2, 0) is 0 Å². The van der Waals surface area contributed by atoms with Gasteiger partial charge in [-0.3, -0.25) is 4.98 Å². The fraction of sp³-hybridized carbons (Fsp3) is 0. The Balaban J connectivity index is 2.30. The molecule has 0 amide bonds. The third-order valence-corrected chi connectivity index (χ3v) is 2.96. The quantitative estimate of drug-likeness (QED) is 0.727. The van der Waals surface area contributed by atoms with Crippen molar-refractivity contribution in [2.45, 2.75) is 0 Å². The third-order valence-electron chi connectivity index (χ3n) is 2.63. The van der Waals surface area contributed by atoms with Gasteiger partial charge in [-0.1, -0.05) is 11.6 Å². The van der Waals surface area contributed by atoms with Crippen molar-refractivity contribution in [1.82, 2.24) is 15.0 Å². The number of aromatic nitrogens is 3. The van der Waals surface area contributed by atoms with Crippen molar-refractivity contribution in [2.24, 2.45) is 0 Å². The first-order valence-corrected chi connectivity index (χ1v) is 5.74. The molecule has 0 aliphatic heterocycles. The number of rotatable bonds is 1. The van der Waals surface area contributed by atoms with Crippen molar-refractivity contribution >= 4 is 28.2 Å². The second-order valence-electron chi connectivity index (χ2n) is 3.83. The van der Waals surface area contributed by atoms with Gasteiger partial charge < -0.3 is 5.73 Å². The average Bonchev–Trinajstić information content (AvgIpc) is 2.41. The van der Waals surface area contributed by atoms with Gasteiger partial charge in [0, 0.05) is 17.1 Å². The van der Waals surface area contributed by atoms with Crippen LogP contribution in [0.15, 0.2) is 42.9 Å². The molecule has 3 rings (SSSR count). The highest BCUT2D eigenvalue weighted by atomic mass is 35.5. The van der Waals surface area contributed by atoms with E-state index in [-0.39, 0.29) is 0 Å². The van der Waals surface area contributed by atoms with Crippen LogP contribution in [0.25, 0.3) is 22.3 Å². The van der Waals surface area contributed by atoms with Crippen LogP contribution < -0.4 is 5.73 Å². The summed E-state index contributed by atoms with van der Waals surface area (Å²) < 4.78 is 0. The Hall–Kier alpha value is -2.20. The Kier molecular flexibility index (Phi) is 2.57. The second-order valence-corrected chi connectivity index (χ2v) is 4.24. The van der Waals surface area contributed by atoms with Crippen molar-refractivity contribution in [2.75, 3.05) is 5.73 Å². The molecule has 0 aliphatic carbocycles. The second kappa shape index (κ2) is 4.23. The number of nitrogens with zero attached hydrogens (tertiary/aromatic N) is 3. The van der Waals surface area contributed by atoms with Gasteiger partial charge in [0.1, 0.15) is 0 Å². The molecular formula is C13H9ClN4. The van der Waals surface area contributed by atoms with E-state index in [1.54, 1.807) is 18.6 Å². The minimum Gasteiger partial charge on any atom is -0.396 e. The molecule has 0 fully saturated rings. The molecule has 5 heteroatoms. The van der Waals surface area contributed by atoms with Crippen molar-refractivity contribution in [3.63, 3.8) is 0 Å². The molecule has 3 aromatic rings. The van der Waals surface area contributed by atoms with Crippen LogP contribution in [0.1, 0.15) is 0 Å². The molecule has 0 aliphatic rings. The average molecular weight is 257 g/mol. The molecule has 2 heterocycles. The molecule has 0 spiro atoms. The first kappa shape index (κ1) is 10.9. The Morgan fingerprint density at radius 1 is 1.00 bits per heavy atom. The molecule has 18 heavy (non-hydrogen) atoms. The molecule has 4 nitrogen and oxygen atoms in total. The number of hydrogen-bond acceptors (Lipinski definition) is 4. The van der Waals surface area contributed by atoms with E-state index in [1.807, 2.05) is 24.3 Å². The zero-order valence-corrected chi connectivity index (χ0v) is 10.1. The third kappa shape index (κ3) is 1.76. The van der Waals surface area contributed by atoms with Gasteiger partial charge in [0.25, 0.3) is 0 Å². The Morgan fingerprint density at radius 3 is 2.56 bits per heavy atom. The number of anilines is 1. The molecule has 0 unspecified atom stereocenters. The standard InChI is InChI=1S/C13H9ClN4/c14-11-4-3-10(12-9(11)2-1-5-16-12)13-17-6-8(15)7-18-13/h1-7H,15H2. The molecule has 0 saturated carbocycles. The van der Waals surface area contributed by atoms with E-state index in [4.69, 9.17) is 17.3 Å². The van der Waals surface area contributed by atoms with Gasteiger partial charge in [0.05, 0.1) is 28.6 Å². The summed E-state index contributed by atoms with van der Waals surface area (Å²) in [6.07, 6.45) is 4.87. The van der Waals surface area contributed by atoms with Gasteiger partial charge in [-0.15, -0.1) is 0 Å². The first-order valence-electron chi connectivity index (χ1n) is 5.37. The number of pyridine rings is 1. The number of halogens is 1. The Morgan fingerprint density at radius 2 is 1.78 bits per heavy atom. The van der Waals surface area contributed by atoms with Crippen LogP contribution in [0.3, 0.4) is 0 Å². The monoisotopic (exact) mass is 256 g/mol. The predicted molar refractivity (Wildman–Crippen MR) is 72.2 cm³/mol. The van der Waals surface area contributed by atoms with Crippen LogP contribution in [0.5, 0.6) is 0 Å². The van der Waals surface area contributed by atoms with Gasteiger partial charge in [-0.2, -0.15) is 0 Å². The molecule has 0 bridgehead atoms. The summed E-state index contributed by atoms with van der Waals surface area (Å²) in [6, 6.07) is 7.46. The van der Waals surface area contributed by atoms with Gasteiger partial charge in [-0.05, 0) is 24.3 Å². The molecule has 88 valence electrons. The maximum Gasteiger partial charge on any atom is 0.161 e. The summed E-state index contributed by atoms with van der Waals surface area (Å²) in [5.74, 6) is 0.588. The first-order chi connectivity index (χ1) is 8.75. The highest BCUT2D eigenvalue weighted by molar-refractivity contribution is 6.35. The lowest BCUT2D eigenvalue weighted by Crippen LogP contribution is -1.94. The topological polar surface area (TPSA) is 64.7 Å². The van der Waals surface area contributed by atoms with Gasteiger partial charge >= 0.3 is 0 Å². The largest absolute Gasteiger partial charge is 0.396 e. The summed E-state index contributed by atoms with van der Waals surface area (Å²) in [5, 5.41) is 1.55. The zero-order chi connectivity index (χ0) is 12.5. The predicted octanol–water partition coefficient (Wildman–Crippen LogP) is 2.93. The van der Waals surface area contributed by atoms with Crippen LogP contribution in [0.2, 0.25) is 5.02 Å². The van der Waals surface area contributed by atoms with E-state index in [1.165, 1.54) is 0 Å². The summed E-state index contributed by atoms with van der Waals surface area (Å²) in [6.45, 7) is 0. The molecule has 0 saturated heterocycles. The minimum absolute atomic E-state index is 0.532. The fourth-order valence-corrected chi connectivity index (χ4v) is 2.01. The molecule has 2 aromatic heterocycles. The normalized spacial score (nSPS) is 10.7. The number of fused-ring (bicyclic) bond motifs is 1. The van der Waals surface area contributed by atoms with Crippen molar-refractivity contribution in [1.29, 1.82) is 0 Å². The Bertz CT molecular complexity index is 710. The number of benzene rings is 1. The highest BCUT2D eigenvalue weighted by Gasteiger charge is 2.09. The van der Waals surface area contributed by atoms with Gasteiger partial charge in [0.2, 0.25) is 0 Å². The molecular weight excluding hydrogens is 248 g/mol. The summed E-state index contributed by atoms with van der Waals surface area (Å²) in [5.41, 5.74) is 7.74. The number of nitrogen functional groups attached to an aromatic ring is 1. The Labute approximate surface area is 108 Å². The highest BCUT2D eigenvalue weighted by Crippen LogP contribution is 2.29. The molecule has 1 aromatic carbocycles. The van der Waals surface area contributed by atoms with Crippen molar-refractivity contribution < 1.29 is 0 Å². The van der Waals surface area contributed by atoms with E-state index in [0.717, 1.165) is 16.5 Å². The van der Waals surface area contributed by atoms with Crippen LogP contribution in [0.4, 0.5) is 5.69 Å². The molecule has 0 atom stereocenters. The van der Waals surface area contributed by atoms with Crippen LogP contribution >= 0.6 is 11.6 Å². The lowest BCUT2D eigenvalue weighted by molar-refractivity contribution is 1.18. The number of nitrogens with two attached hydrogens (primary N) is 1. The zero-order valence-electron chi connectivity index (χ0n) is 9.34. The minimum atomic E-state index is 0.532. The van der Waals surface area contributed by atoms with Crippen LogP contribution in [0, 0.1) is 0 Å². The maximum atomic E-state index is 6.14. The molecule has 2 N–H and O–H groups in total.